The van der Waals surface area contributed by atoms with Gasteiger partial charge in [-0.15, -0.1) is 0 Å². The molecule has 2 N–H and O–H groups in total. The lowest BCUT2D eigenvalue weighted by molar-refractivity contribution is 0.0735. The van der Waals surface area contributed by atoms with Crippen LogP contribution in [0.2, 0.25) is 0 Å². The van der Waals surface area contributed by atoms with Crippen LogP contribution in [0.1, 0.15) is 36.0 Å². The summed E-state index contributed by atoms with van der Waals surface area (Å²) in [5, 5.41) is 0. The van der Waals surface area contributed by atoms with Crippen molar-refractivity contribution < 1.29 is 4.79 Å². The van der Waals surface area contributed by atoms with Gasteiger partial charge in [0.05, 0.1) is 11.4 Å². The first-order chi connectivity index (χ1) is 9.56. The van der Waals surface area contributed by atoms with E-state index in [0.717, 1.165) is 36.6 Å². The molecule has 0 radical (unpaired) electrons. The van der Waals surface area contributed by atoms with E-state index in [-0.39, 0.29) is 5.91 Å². The molecule has 0 aliphatic heterocycles. The molecule has 1 amide bonds. The fourth-order valence-electron chi connectivity index (χ4n) is 2.62. The van der Waals surface area contributed by atoms with Crippen LogP contribution < -0.4 is 10.6 Å². The summed E-state index contributed by atoms with van der Waals surface area (Å²) in [6.07, 6.45) is 4.86. The van der Waals surface area contributed by atoms with Crippen molar-refractivity contribution in [3.05, 3.63) is 23.8 Å². The molecule has 2 aliphatic rings. The lowest BCUT2D eigenvalue weighted by Gasteiger charge is -2.23. The Labute approximate surface area is 120 Å². The van der Waals surface area contributed by atoms with Gasteiger partial charge < -0.3 is 15.5 Å². The summed E-state index contributed by atoms with van der Waals surface area (Å²) in [5.41, 5.74) is 8.41. The maximum absolute atomic E-state index is 12.7. The summed E-state index contributed by atoms with van der Waals surface area (Å²) in [7, 11) is 3.91. The van der Waals surface area contributed by atoms with Crippen LogP contribution in [0.15, 0.2) is 18.2 Å². The van der Waals surface area contributed by atoms with E-state index in [4.69, 9.17) is 5.73 Å². The van der Waals surface area contributed by atoms with Crippen molar-refractivity contribution >= 4 is 17.3 Å². The van der Waals surface area contributed by atoms with E-state index in [1.807, 2.05) is 37.2 Å². The average molecular weight is 273 g/mol. The minimum Gasteiger partial charge on any atom is -0.397 e. The number of rotatable bonds is 5. The Kier molecular flexibility index (Phi) is 3.32. The molecule has 0 aromatic heterocycles. The molecule has 3 rings (SSSR count). The van der Waals surface area contributed by atoms with Crippen molar-refractivity contribution in [3.63, 3.8) is 0 Å². The number of nitrogens with zero attached hydrogens (tertiary/aromatic N) is 2. The second kappa shape index (κ2) is 5.00. The van der Waals surface area contributed by atoms with Gasteiger partial charge in [-0.25, -0.2) is 0 Å². The SMILES string of the molecule is CN(C)c1ccc(C(=O)N(CC2CC2)C2CC2)cc1N. The van der Waals surface area contributed by atoms with Crippen LogP contribution in [-0.2, 0) is 0 Å². The van der Waals surface area contributed by atoms with Crippen molar-refractivity contribution in [2.45, 2.75) is 31.7 Å². The van der Waals surface area contributed by atoms with Crippen LogP contribution in [-0.4, -0.2) is 37.5 Å². The molecule has 108 valence electrons. The average Bonchev–Trinajstić information content (AvgIpc) is 3.26. The highest BCUT2D eigenvalue weighted by Crippen LogP contribution is 2.36. The minimum absolute atomic E-state index is 0.149. The molecular formula is C16H23N3O. The Morgan fingerprint density at radius 3 is 2.45 bits per heavy atom. The first-order valence-electron chi connectivity index (χ1n) is 7.44. The van der Waals surface area contributed by atoms with Crippen molar-refractivity contribution in [1.82, 2.24) is 4.90 Å². The molecular weight excluding hydrogens is 250 g/mol. The van der Waals surface area contributed by atoms with Gasteiger partial charge in [-0.05, 0) is 49.8 Å². The molecule has 2 aliphatic carbocycles. The zero-order valence-electron chi connectivity index (χ0n) is 12.3. The van der Waals surface area contributed by atoms with Crippen LogP contribution >= 0.6 is 0 Å². The summed E-state index contributed by atoms with van der Waals surface area (Å²) in [4.78, 5) is 16.7. The Hall–Kier alpha value is -1.71. The van der Waals surface area contributed by atoms with Crippen LogP contribution in [0.4, 0.5) is 11.4 Å². The Morgan fingerprint density at radius 1 is 1.25 bits per heavy atom. The molecule has 0 spiro atoms. The highest BCUT2D eigenvalue weighted by molar-refractivity contribution is 5.96. The normalized spacial score (nSPS) is 17.9. The Morgan fingerprint density at radius 2 is 1.95 bits per heavy atom. The number of benzene rings is 1. The molecule has 4 nitrogen and oxygen atoms in total. The molecule has 0 bridgehead atoms. The van der Waals surface area contributed by atoms with E-state index in [9.17, 15) is 4.79 Å². The first kappa shape index (κ1) is 13.3. The molecule has 1 aromatic carbocycles. The predicted molar refractivity (Wildman–Crippen MR) is 82.0 cm³/mol. The predicted octanol–water partition coefficient (Wildman–Crippen LogP) is 2.35. The number of carbonyl (C=O) groups excluding carboxylic acids is 1. The van der Waals surface area contributed by atoms with Crippen LogP contribution in [0.5, 0.6) is 0 Å². The van der Waals surface area contributed by atoms with Gasteiger partial charge in [0.2, 0.25) is 0 Å². The number of nitrogen functional groups attached to an aromatic ring is 1. The van der Waals surface area contributed by atoms with E-state index in [2.05, 4.69) is 4.90 Å². The third-order valence-corrected chi connectivity index (χ3v) is 4.16. The van der Waals surface area contributed by atoms with E-state index in [1.54, 1.807) is 0 Å². The summed E-state index contributed by atoms with van der Waals surface area (Å²) in [5.74, 6) is 0.884. The largest absolute Gasteiger partial charge is 0.397 e. The standard InChI is InChI=1S/C16H23N3O/c1-18(2)15-8-5-12(9-14(15)17)16(20)19(13-6-7-13)10-11-3-4-11/h5,8-9,11,13H,3-4,6-7,10,17H2,1-2H3. The molecule has 20 heavy (non-hydrogen) atoms. The lowest BCUT2D eigenvalue weighted by Crippen LogP contribution is -2.35. The number of amides is 1. The third-order valence-electron chi connectivity index (χ3n) is 4.16. The fraction of sp³-hybridized carbons (Fsp3) is 0.562. The molecule has 1 aromatic rings. The summed E-state index contributed by atoms with van der Waals surface area (Å²) in [6, 6.07) is 6.12. The van der Waals surface area contributed by atoms with E-state index >= 15 is 0 Å². The Bertz CT molecular complexity index is 518. The van der Waals surface area contributed by atoms with Gasteiger partial charge in [-0.2, -0.15) is 0 Å². The van der Waals surface area contributed by atoms with Gasteiger partial charge in [0.1, 0.15) is 0 Å². The maximum Gasteiger partial charge on any atom is 0.254 e. The molecule has 4 heteroatoms. The second-order valence-electron chi connectivity index (χ2n) is 6.30. The number of hydrogen-bond donors (Lipinski definition) is 1. The van der Waals surface area contributed by atoms with E-state index in [1.165, 1.54) is 12.8 Å². The molecule has 0 atom stereocenters. The van der Waals surface area contributed by atoms with E-state index in [0.29, 0.717) is 11.7 Å². The zero-order chi connectivity index (χ0) is 14.3. The minimum atomic E-state index is 0.149. The van der Waals surface area contributed by atoms with Crippen molar-refractivity contribution in [2.75, 3.05) is 31.3 Å². The molecule has 2 fully saturated rings. The molecule has 2 saturated carbocycles. The maximum atomic E-state index is 12.7. The molecule has 0 heterocycles. The number of nitrogens with two attached hydrogens (primary N) is 1. The fourth-order valence-corrected chi connectivity index (χ4v) is 2.62. The molecule has 0 saturated heterocycles. The summed E-state index contributed by atoms with van der Waals surface area (Å²) >= 11 is 0. The van der Waals surface area contributed by atoms with Crippen molar-refractivity contribution in [1.29, 1.82) is 0 Å². The van der Waals surface area contributed by atoms with Gasteiger partial charge in [0, 0.05) is 32.2 Å². The highest BCUT2D eigenvalue weighted by Gasteiger charge is 2.36. The van der Waals surface area contributed by atoms with Gasteiger partial charge in [-0.3, -0.25) is 4.79 Å². The van der Waals surface area contributed by atoms with Gasteiger partial charge in [0.25, 0.3) is 5.91 Å². The summed E-state index contributed by atoms with van der Waals surface area (Å²) < 4.78 is 0. The van der Waals surface area contributed by atoms with Crippen LogP contribution in [0, 0.1) is 5.92 Å². The zero-order valence-corrected chi connectivity index (χ0v) is 12.3. The quantitative estimate of drug-likeness (QED) is 0.838. The number of carbonyl (C=O) groups is 1. The lowest BCUT2D eigenvalue weighted by atomic mass is 10.1. The van der Waals surface area contributed by atoms with Gasteiger partial charge in [-0.1, -0.05) is 0 Å². The van der Waals surface area contributed by atoms with E-state index < -0.39 is 0 Å². The van der Waals surface area contributed by atoms with Crippen LogP contribution in [0.25, 0.3) is 0 Å². The second-order valence-corrected chi connectivity index (χ2v) is 6.30. The topological polar surface area (TPSA) is 49.6 Å². The number of anilines is 2. The number of hydrogen-bond acceptors (Lipinski definition) is 3. The smallest absolute Gasteiger partial charge is 0.254 e. The van der Waals surface area contributed by atoms with Crippen molar-refractivity contribution in [3.8, 4) is 0 Å². The molecule has 0 unspecified atom stereocenters. The third kappa shape index (κ3) is 2.74. The van der Waals surface area contributed by atoms with Gasteiger partial charge >= 0.3 is 0 Å². The first-order valence-corrected chi connectivity index (χ1v) is 7.44. The van der Waals surface area contributed by atoms with Gasteiger partial charge in [0.15, 0.2) is 0 Å². The van der Waals surface area contributed by atoms with Crippen molar-refractivity contribution in [2.24, 2.45) is 5.92 Å². The monoisotopic (exact) mass is 273 g/mol. The van der Waals surface area contributed by atoms with Crippen LogP contribution in [0.3, 0.4) is 0 Å². The highest BCUT2D eigenvalue weighted by atomic mass is 16.2. The summed E-state index contributed by atoms with van der Waals surface area (Å²) in [6.45, 7) is 0.929. The Balaban J connectivity index is 1.79.